The summed E-state index contributed by atoms with van der Waals surface area (Å²) in [6.45, 7) is 4.83. The summed E-state index contributed by atoms with van der Waals surface area (Å²) in [5, 5.41) is 12.7. The van der Waals surface area contributed by atoms with Gasteiger partial charge in [-0.25, -0.2) is 0 Å². The molecule has 0 bridgehead atoms. The van der Waals surface area contributed by atoms with E-state index < -0.39 is 5.60 Å². The van der Waals surface area contributed by atoms with Crippen LogP contribution in [0.25, 0.3) is 0 Å². The van der Waals surface area contributed by atoms with E-state index in [4.69, 9.17) is 4.74 Å². The first-order valence-electron chi connectivity index (χ1n) is 5.73. The molecule has 0 saturated carbocycles. The highest BCUT2D eigenvalue weighted by molar-refractivity contribution is 5.81. The predicted molar refractivity (Wildman–Crippen MR) is 57.5 cm³/mol. The smallest absolute Gasteiger partial charge is 0.249 e. The fourth-order valence-corrected chi connectivity index (χ4v) is 1.65. The third kappa shape index (κ3) is 3.47. The number of hydrogen-bond acceptors (Lipinski definition) is 3. The third-order valence-corrected chi connectivity index (χ3v) is 3.13. The van der Waals surface area contributed by atoms with Gasteiger partial charge in [0.05, 0.1) is 5.60 Å². The van der Waals surface area contributed by atoms with Gasteiger partial charge in [-0.15, -0.1) is 0 Å². The summed E-state index contributed by atoms with van der Waals surface area (Å²) in [6.07, 6.45) is 2.74. The van der Waals surface area contributed by atoms with E-state index in [0.29, 0.717) is 26.0 Å². The summed E-state index contributed by atoms with van der Waals surface area (Å²) in [5.41, 5.74) is -0.770. The molecule has 0 unspecified atom stereocenters. The zero-order valence-corrected chi connectivity index (χ0v) is 9.58. The van der Waals surface area contributed by atoms with Gasteiger partial charge in [-0.1, -0.05) is 13.8 Å². The summed E-state index contributed by atoms with van der Waals surface area (Å²) >= 11 is 0. The van der Waals surface area contributed by atoms with Crippen LogP contribution in [-0.2, 0) is 9.53 Å². The van der Waals surface area contributed by atoms with Crippen LogP contribution in [-0.4, -0.2) is 35.9 Å². The molecule has 0 aromatic carbocycles. The lowest BCUT2D eigenvalue weighted by Gasteiger charge is -2.26. The second kappa shape index (κ2) is 5.47. The van der Waals surface area contributed by atoms with Gasteiger partial charge >= 0.3 is 0 Å². The van der Waals surface area contributed by atoms with Crippen LogP contribution in [0.4, 0.5) is 0 Å². The Morgan fingerprint density at radius 3 is 2.67 bits per heavy atom. The number of rotatable bonds is 5. The van der Waals surface area contributed by atoms with Crippen LogP contribution in [0.2, 0.25) is 0 Å². The van der Waals surface area contributed by atoms with Gasteiger partial charge in [0.25, 0.3) is 0 Å². The lowest BCUT2D eigenvalue weighted by atomic mass is 9.97. The number of carbonyl (C=O) groups excluding carboxylic acids is 1. The summed E-state index contributed by atoms with van der Waals surface area (Å²) in [5.74, 6) is -0.0900. The van der Waals surface area contributed by atoms with Crippen molar-refractivity contribution in [2.45, 2.75) is 51.2 Å². The number of nitrogens with one attached hydrogen (secondary N) is 1. The van der Waals surface area contributed by atoms with E-state index >= 15 is 0 Å². The monoisotopic (exact) mass is 215 g/mol. The van der Waals surface area contributed by atoms with E-state index in [-0.39, 0.29) is 12.0 Å². The molecule has 4 nitrogen and oxygen atoms in total. The molecule has 1 saturated heterocycles. The molecule has 0 spiro atoms. The van der Waals surface area contributed by atoms with Crippen LogP contribution in [0.1, 0.15) is 39.5 Å². The molecular weight excluding hydrogens is 194 g/mol. The molecule has 4 heteroatoms. The Kier molecular flexibility index (Phi) is 4.54. The lowest BCUT2D eigenvalue weighted by molar-refractivity contribution is -0.131. The van der Waals surface area contributed by atoms with E-state index in [1.165, 1.54) is 0 Å². The molecule has 0 aromatic rings. The van der Waals surface area contributed by atoms with Crippen molar-refractivity contribution in [1.82, 2.24) is 5.32 Å². The summed E-state index contributed by atoms with van der Waals surface area (Å²) < 4.78 is 5.25. The molecule has 1 rings (SSSR count). The van der Waals surface area contributed by atoms with Gasteiger partial charge in [0.2, 0.25) is 5.91 Å². The Balaban J connectivity index is 2.32. The molecule has 1 fully saturated rings. The Bertz CT molecular complexity index is 208. The zero-order chi connectivity index (χ0) is 11.3. The Morgan fingerprint density at radius 2 is 2.20 bits per heavy atom. The first-order valence-corrected chi connectivity index (χ1v) is 5.73. The maximum absolute atomic E-state index is 11.6. The van der Waals surface area contributed by atoms with E-state index in [0.717, 1.165) is 12.8 Å². The quantitative estimate of drug-likeness (QED) is 0.714. The third-order valence-electron chi connectivity index (χ3n) is 3.13. The standard InChI is InChI=1S/C11H21NO3/c1-3-11(14,4-2)8-12-10(13)9-6-5-7-15-9/h9,14H,3-8H2,1-2H3,(H,12,13)/t9-/m0/s1. The average molecular weight is 215 g/mol. The van der Waals surface area contributed by atoms with Crippen molar-refractivity contribution in [2.24, 2.45) is 0 Å². The molecule has 2 N–H and O–H groups in total. The Hall–Kier alpha value is -0.610. The molecule has 0 aromatic heterocycles. The van der Waals surface area contributed by atoms with Gasteiger partial charge in [-0.2, -0.15) is 0 Å². The highest BCUT2D eigenvalue weighted by Crippen LogP contribution is 2.15. The van der Waals surface area contributed by atoms with Crippen LogP contribution in [0.15, 0.2) is 0 Å². The molecular formula is C11H21NO3. The van der Waals surface area contributed by atoms with Gasteiger partial charge in [0, 0.05) is 13.2 Å². The topological polar surface area (TPSA) is 58.6 Å². The number of carbonyl (C=O) groups is 1. The van der Waals surface area contributed by atoms with Crippen molar-refractivity contribution >= 4 is 5.91 Å². The maximum Gasteiger partial charge on any atom is 0.249 e. The first kappa shape index (κ1) is 12.5. The van der Waals surface area contributed by atoms with E-state index in [2.05, 4.69) is 5.32 Å². The van der Waals surface area contributed by atoms with Crippen molar-refractivity contribution < 1.29 is 14.6 Å². The number of aliphatic hydroxyl groups is 1. The normalized spacial score (nSPS) is 21.7. The minimum Gasteiger partial charge on any atom is -0.388 e. The molecule has 15 heavy (non-hydrogen) atoms. The molecule has 1 aliphatic rings. The SMILES string of the molecule is CCC(O)(CC)CNC(=O)[C@@H]1CCCO1. The van der Waals surface area contributed by atoms with Crippen molar-refractivity contribution in [2.75, 3.05) is 13.2 Å². The molecule has 1 amide bonds. The summed E-state index contributed by atoms with van der Waals surface area (Å²) in [4.78, 5) is 11.6. The number of ether oxygens (including phenoxy) is 1. The second-order valence-electron chi connectivity index (χ2n) is 4.15. The fraction of sp³-hybridized carbons (Fsp3) is 0.909. The van der Waals surface area contributed by atoms with Gasteiger partial charge in [0.15, 0.2) is 0 Å². The number of amides is 1. The van der Waals surface area contributed by atoms with Crippen molar-refractivity contribution in [3.8, 4) is 0 Å². The summed E-state index contributed by atoms with van der Waals surface area (Å²) in [6, 6.07) is 0. The zero-order valence-electron chi connectivity index (χ0n) is 9.58. The van der Waals surface area contributed by atoms with E-state index in [1.54, 1.807) is 0 Å². The molecule has 1 aliphatic heterocycles. The van der Waals surface area contributed by atoms with Crippen LogP contribution in [0, 0.1) is 0 Å². The highest BCUT2D eigenvalue weighted by Gasteiger charge is 2.27. The van der Waals surface area contributed by atoms with Crippen molar-refractivity contribution in [3.63, 3.8) is 0 Å². The first-order chi connectivity index (χ1) is 7.11. The highest BCUT2D eigenvalue weighted by atomic mass is 16.5. The molecule has 0 aliphatic carbocycles. The molecule has 1 atom stereocenters. The van der Waals surface area contributed by atoms with Crippen molar-refractivity contribution in [1.29, 1.82) is 0 Å². The van der Waals surface area contributed by atoms with Crippen LogP contribution < -0.4 is 5.32 Å². The predicted octanol–water partition coefficient (Wildman–Crippen LogP) is 0.833. The molecule has 1 heterocycles. The Labute approximate surface area is 91.0 Å². The van der Waals surface area contributed by atoms with Crippen LogP contribution >= 0.6 is 0 Å². The van der Waals surface area contributed by atoms with Gasteiger partial charge in [-0.05, 0) is 25.7 Å². The maximum atomic E-state index is 11.6. The van der Waals surface area contributed by atoms with Crippen LogP contribution in [0.3, 0.4) is 0 Å². The Morgan fingerprint density at radius 1 is 1.53 bits per heavy atom. The summed E-state index contributed by atoms with van der Waals surface area (Å²) in [7, 11) is 0. The second-order valence-corrected chi connectivity index (χ2v) is 4.15. The lowest BCUT2D eigenvalue weighted by Crippen LogP contribution is -2.45. The minimum atomic E-state index is -0.770. The number of hydrogen-bond donors (Lipinski definition) is 2. The van der Waals surface area contributed by atoms with Gasteiger partial charge < -0.3 is 15.2 Å². The largest absolute Gasteiger partial charge is 0.388 e. The average Bonchev–Trinajstić information content (AvgIpc) is 2.79. The van der Waals surface area contributed by atoms with E-state index in [1.807, 2.05) is 13.8 Å². The van der Waals surface area contributed by atoms with Crippen molar-refractivity contribution in [3.05, 3.63) is 0 Å². The van der Waals surface area contributed by atoms with Gasteiger partial charge in [-0.3, -0.25) is 4.79 Å². The molecule has 0 radical (unpaired) electrons. The van der Waals surface area contributed by atoms with E-state index in [9.17, 15) is 9.90 Å². The molecule has 88 valence electrons. The fourth-order valence-electron chi connectivity index (χ4n) is 1.65. The minimum absolute atomic E-state index is 0.0900. The van der Waals surface area contributed by atoms with Gasteiger partial charge in [0.1, 0.15) is 6.10 Å². The van der Waals surface area contributed by atoms with Crippen LogP contribution in [0.5, 0.6) is 0 Å².